The van der Waals surface area contributed by atoms with Gasteiger partial charge in [-0.2, -0.15) is 0 Å². The van der Waals surface area contributed by atoms with Crippen LogP contribution in [0.15, 0.2) is 30.3 Å². The fourth-order valence-electron chi connectivity index (χ4n) is 4.39. The quantitative estimate of drug-likeness (QED) is 0.896. The van der Waals surface area contributed by atoms with Crippen molar-refractivity contribution < 1.29 is 15.0 Å². The molecule has 0 amide bonds. The average molecular weight is 303 g/mol. The van der Waals surface area contributed by atoms with Gasteiger partial charge in [0.25, 0.3) is 0 Å². The molecule has 2 aliphatic heterocycles. The Kier molecular flexibility index (Phi) is 4.00. The molecule has 2 fully saturated rings. The smallest absolute Gasteiger partial charge is 0.316 e. The lowest BCUT2D eigenvalue weighted by molar-refractivity contribution is -0.150. The zero-order valence-electron chi connectivity index (χ0n) is 13.3. The van der Waals surface area contributed by atoms with E-state index in [1.165, 1.54) is 12.8 Å². The van der Waals surface area contributed by atoms with Crippen LogP contribution in [0.1, 0.15) is 38.2 Å². The van der Waals surface area contributed by atoms with Crippen LogP contribution in [0.25, 0.3) is 0 Å². The van der Waals surface area contributed by atoms with Crippen LogP contribution in [0.4, 0.5) is 0 Å². The number of rotatable bonds is 4. The summed E-state index contributed by atoms with van der Waals surface area (Å²) in [6.07, 6.45) is 3.26. The summed E-state index contributed by atoms with van der Waals surface area (Å²) in [5.41, 5.74) is -0.567. The van der Waals surface area contributed by atoms with Gasteiger partial charge in [-0.25, -0.2) is 0 Å². The summed E-state index contributed by atoms with van der Waals surface area (Å²) in [4.78, 5) is 14.4. The highest BCUT2D eigenvalue weighted by atomic mass is 16.4. The molecule has 0 spiro atoms. The molecule has 2 aliphatic rings. The number of benzene rings is 1. The van der Waals surface area contributed by atoms with E-state index in [1.807, 2.05) is 18.2 Å². The summed E-state index contributed by atoms with van der Waals surface area (Å²) in [5, 5.41) is 20.8. The minimum atomic E-state index is -1.25. The number of hydrogen-bond donors (Lipinski definition) is 2. The van der Waals surface area contributed by atoms with E-state index in [0.717, 1.165) is 12.8 Å². The number of carboxylic acids is 1. The summed E-state index contributed by atoms with van der Waals surface area (Å²) >= 11 is 0. The Morgan fingerprint density at radius 2 is 1.77 bits per heavy atom. The third-order valence-electron chi connectivity index (χ3n) is 5.99. The van der Waals surface area contributed by atoms with E-state index >= 15 is 0 Å². The minimum Gasteiger partial charge on any atom is -0.481 e. The Morgan fingerprint density at radius 3 is 2.27 bits per heavy atom. The number of carboxylic acid groups (broad SMARTS) is 1. The molecule has 0 radical (unpaired) electrons. The van der Waals surface area contributed by atoms with Crippen molar-refractivity contribution in [1.82, 2.24) is 4.90 Å². The second-order valence-corrected chi connectivity index (χ2v) is 7.10. The van der Waals surface area contributed by atoms with Crippen molar-refractivity contribution in [3.05, 3.63) is 35.9 Å². The lowest BCUT2D eigenvalue weighted by Crippen LogP contribution is -2.52. The largest absolute Gasteiger partial charge is 0.481 e. The molecule has 1 aromatic carbocycles. The van der Waals surface area contributed by atoms with Crippen LogP contribution in [-0.4, -0.2) is 46.3 Å². The Balaban J connectivity index is 1.88. The number of aliphatic hydroxyl groups is 1. The normalized spacial score (nSPS) is 32.4. The van der Waals surface area contributed by atoms with E-state index in [1.54, 1.807) is 19.1 Å². The Hall–Kier alpha value is -1.39. The molecule has 4 nitrogen and oxygen atoms in total. The highest BCUT2D eigenvalue weighted by Gasteiger charge is 2.50. The topological polar surface area (TPSA) is 60.8 Å². The van der Waals surface area contributed by atoms with Crippen LogP contribution >= 0.6 is 0 Å². The summed E-state index contributed by atoms with van der Waals surface area (Å²) in [7, 11) is 2.15. The first-order chi connectivity index (χ1) is 10.4. The third kappa shape index (κ3) is 2.34. The van der Waals surface area contributed by atoms with Crippen LogP contribution in [0.3, 0.4) is 0 Å². The van der Waals surface area contributed by atoms with Crippen LogP contribution in [0, 0.1) is 5.92 Å². The van der Waals surface area contributed by atoms with Crippen molar-refractivity contribution in [3.63, 3.8) is 0 Å². The fraction of sp³-hybridized carbons (Fsp3) is 0.611. The number of aliphatic hydroxyl groups excluding tert-OH is 1. The van der Waals surface area contributed by atoms with Gasteiger partial charge in [0, 0.05) is 12.1 Å². The van der Waals surface area contributed by atoms with Crippen LogP contribution in [0.5, 0.6) is 0 Å². The molecule has 2 N–H and O–H groups in total. The molecule has 3 rings (SSSR count). The second kappa shape index (κ2) is 5.67. The molecule has 0 saturated carbocycles. The van der Waals surface area contributed by atoms with Crippen molar-refractivity contribution in [3.8, 4) is 0 Å². The molecule has 1 aromatic rings. The number of hydrogen-bond acceptors (Lipinski definition) is 3. The standard InChI is InChI=1S/C18H25NO3/c1-18(17(21)22,13-6-4-3-5-7-13)16(20)12-10-14-8-9-15(11-12)19(14)2/h3-7,12,14-16,20H,8-11H2,1-2H3,(H,21,22). The van der Waals surface area contributed by atoms with Gasteiger partial charge in [-0.05, 0) is 51.1 Å². The second-order valence-electron chi connectivity index (χ2n) is 7.10. The predicted octanol–water partition coefficient (Wildman–Crippen LogP) is 2.26. The third-order valence-corrected chi connectivity index (χ3v) is 5.99. The van der Waals surface area contributed by atoms with Gasteiger partial charge in [0.05, 0.1) is 6.10 Å². The number of piperidine rings is 1. The van der Waals surface area contributed by atoms with E-state index in [0.29, 0.717) is 17.6 Å². The predicted molar refractivity (Wildman–Crippen MR) is 84.7 cm³/mol. The first-order valence-corrected chi connectivity index (χ1v) is 8.13. The summed E-state index contributed by atoms with van der Waals surface area (Å²) < 4.78 is 0. The highest BCUT2D eigenvalue weighted by Crippen LogP contribution is 2.43. The summed E-state index contributed by atoms with van der Waals surface area (Å²) in [6.45, 7) is 1.66. The molecule has 120 valence electrons. The number of fused-ring (bicyclic) bond motifs is 2. The van der Waals surface area contributed by atoms with Gasteiger partial charge in [0.15, 0.2) is 0 Å². The molecule has 0 aliphatic carbocycles. The maximum atomic E-state index is 12.0. The van der Waals surface area contributed by atoms with E-state index in [4.69, 9.17) is 0 Å². The highest BCUT2D eigenvalue weighted by molar-refractivity contribution is 5.81. The maximum Gasteiger partial charge on any atom is 0.316 e. The van der Waals surface area contributed by atoms with Crippen LogP contribution in [0.2, 0.25) is 0 Å². The first kappa shape index (κ1) is 15.5. The summed E-state index contributed by atoms with van der Waals surface area (Å²) in [5.74, 6) is -0.896. The zero-order valence-corrected chi connectivity index (χ0v) is 13.3. The van der Waals surface area contributed by atoms with Gasteiger partial charge >= 0.3 is 5.97 Å². The monoisotopic (exact) mass is 303 g/mol. The number of aliphatic carboxylic acids is 1. The van der Waals surface area contributed by atoms with E-state index in [9.17, 15) is 15.0 Å². The Labute approximate surface area is 131 Å². The SMILES string of the molecule is CN1C2CCC1CC(C(O)C(C)(C(=O)O)c1ccccc1)C2. The van der Waals surface area contributed by atoms with Gasteiger partial charge in [-0.15, -0.1) is 0 Å². The fourth-order valence-corrected chi connectivity index (χ4v) is 4.39. The number of carbonyl (C=O) groups is 1. The zero-order chi connectivity index (χ0) is 15.9. The molecule has 2 bridgehead atoms. The Morgan fingerprint density at radius 1 is 1.23 bits per heavy atom. The van der Waals surface area contributed by atoms with Crippen LogP contribution < -0.4 is 0 Å². The van der Waals surface area contributed by atoms with E-state index in [-0.39, 0.29) is 5.92 Å². The van der Waals surface area contributed by atoms with Gasteiger partial charge in [-0.3, -0.25) is 4.79 Å². The van der Waals surface area contributed by atoms with Gasteiger partial charge in [-0.1, -0.05) is 30.3 Å². The average Bonchev–Trinajstić information content (AvgIpc) is 2.75. The summed E-state index contributed by atoms with van der Waals surface area (Å²) in [6, 6.07) is 10.1. The van der Waals surface area contributed by atoms with Crippen LogP contribution in [-0.2, 0) is 10.2 Å². The number of nitrogens with zero attached hydrogens (tertiary/aromatic N) is 1. The van der Waals surface area contributed by atoms with E-state index in [2.05, 4.69) is 11.9 Å². The van der Waals surface area contributed by atoms with Crippen molar-refractivity contribution in [2.75, 3.05) is 7.05 Å². The van der Waals surface area contributed by atoms with Crippen molar-refractivity contribution in [2.45, 2.75) is 56.2 Å². The molecule has 0 aromatic heterocycles. The Bertz CT molecular complexity index is 533. The van der Waals surface area contributed by atoms with Gasteiger partial charge in [0.2, 0.25) is 0 Å². The molecule has 4 atom stereocenters. The molecule has 4 unspecified atom stereocenters. The lowest BCUT2D eigenvalue weighted by atomic mass is 9.69. The minimum absolute atomic E-state index is 0.0509. The molecule has 2 heterocycles. The van der Waals surface area contributed by atoms with Crippen molar-refractivity contribution >= 4 is 5.97 Å². The van der Waals surface area contributed by atoms with Crippen molar-refractivity contribution in [1.29, 1.82) is 0 Å². The van der Waals surface area contributed by atoms with Crippen molar-refractivity contribution in [2.24, 2.45) is 5.92 Å². The van der Waals surface area contributed by atoms with Gasteiger partial charge < -0.3 is 15.1 Å². The first-order valence-electron chi connectivity index (χ1n) is 8.13. The molecule has 22 heavy (non-hydrogen) atoms. The molecule has 2 saturated heterocycles. The molecular weight excluding hydrogens is 278 g/mol. The maximum absolute atomic E-state index is 12.0. The van der Waals surface area contributed by atoms with Gasteiger partial charge in [0.1, 0.15) is 5.41 Å². The molecule has 4 heteroatoms. The lowest BCUT2D eigenvalue weighted by Gasteiger charge is -2.42. The molecular formula is C18H25NO3. The van der Waals surface area contributed by atoms with E-state index < -0.39 is 17.5 Å².